The van der Waals surface area contributed by atoms with Gasteiger partial charge in [0.25, 0.3) is 0 Å². The normalized spacial score (nSPS) is 16.9. The van der Waals surface area contributed by atoms with Gasteiger partial charge in [-0.15, -0.1) is 10.2 Å². The second-order valence-corrected chi connectivity index (χ2v) is 9.41. The number of nitrogens with zero attached hydrogens (tertiary/aromatic N) is 6. The van der Waals surface area contributed by atoms with Crippen molar-refractivity contribution in [2.75, 3.05) is 43.8 Å². The van der Waals surface area contributed by atoms with Gasteiger partial charge in [-0.2, -0.15) is 0 Å². The summed E-state index contributed by atoms with van der Waals surface area (Å²) in [6.07, 6.45) is 3.30. The molecule has 2 aliphatic rings. The van der Waals surface area contributed by atoms with Crippen LogP contribution in [0, 0.1) is 6.92 Å². The van der Waals surface area contributed by atoms with Gasteiger partial charge in [-0.25, -0.2) is 4.98 Å². The first-order valence-electron chi connectivity index (χ1n) is 12.3. The number of carbonyl (C=O) groups excluding carboxylic acids is 1. The van der Waals surface area contributed by atoms with Crippen LogP contribution >= 0.6 is 0 Å². The molecule has 1 amide bonds. The largest absolute Gasteiger partial charge is 0.493 e. The van der Waals surface area contributed by atoms with E-state index in [-0.39, 0.29) is 5.91 Å². The fourth-order valence-corrected chi connectivity index (χ4v) is 5.46. The van der Waals surface area contributed by atoms with Gasteiger partial charge in [0.2, 0.25) is 11.6 Å². The summed E-state index contributed by atoms with van der Waals surface area (Å²) in [7, 11) is 3.24. The predicted molar refractivity (Wildman–Crippen MR) is 140 cm³/mol. The maximum atomic E-state index is 13.1. The molecular formula is C27H29N7O3. The molecule has 2 saturated heterocycles. The molecule has 190 valence electrons. The number of fused-ring (bicyclic) bond motifs is 1. The number of piperidine rings is 1. The second kappa shape index (κ2) is 8.95. The molecule has 37 heavy (non-hydrogen) atoms. The molecule has 0 unspecified atom stereocenters. The van der Waals surface area contributed by atoms with Gasteiger partial charge in [0.15, 0.2) is 17.3 Å². The Bertz CT molecular complexity index is 1460. The van der Waals surface area contributed by atoms with E-state index in [1.807, 2.05) is 53.9 Å². The molecule has 4 aromatic rings. The van der Waals surface area contributed by atoms with Crippen LogP contribution in [-0.4, -0.2) is 65.0 Å². The van der Waals surface area contributed by atoms with Crippen molar-refractivity contribution >= 4 is 23.1 Å². The number of para-hydroxylation sites is 1. The molecular weight excluding hydrogens is 470 g/mol. The van der Waals surface area contributed by atoms with Crippen LogP contribution in [0.1, 0.15) is 18.7 Å². The van der Waals surface area contributed by atoms with Crippen LogP contribution in [0.2, 0.25) is 0 Å². The predicted octanol–water partition coefficient (Wildman–Crippen LogP) is 3.05. The zero-order valence-electron chi connectivity index (χ0n) is 21.1. The van der Waals surface area contributed by atoms with Crippen molar-refractivity contribution < 1.29 is 14.3 Å². The molecule has 0 radical (unpaired) electrons. The van der Waals surface area contributed by atoms with Gasteiger partial charge in [-0.3, -0.25) is 9.20 Å². The van der Waals surface area contributed by atoms with Crippen LogP contribution in [-0.2, 0) is 4.79 Å². The first-order chi connectivity index (χ1) is 18.0. The van der Waals surface area contributed by atoms with E-state index in [0.717, 1.165) is 28.6 Å². The summed E-state index contributed by atoms with van der Waals surface area (Å²) in [5, 5.41) is 11.8. The summed E-state index contributed by atoms with van der Waals surface area (Å²) in [6, 6.07) is 15.9. The minimum absolute atomic E-state index is 0.0894. The van der Waals surface area contributed by atoms with Crippen molar-refractivity contribution in [3.63, 3.8) is 0 Å². The molecule has 1 N–H and O–H groups in total. The molecule has 2 aromatic carbocycles. The molecule has 6 rings (SSSR count). The molecule has 10 nitrogen and oxygen atoms in total. The van der Waals surface area contributed by atoms with E-state index in [0.29, 0.717) is 49.7 Å². The monoisotopic (exact) mass is 499 g/mol. The van der Waals surface area contributed by atoms with E-state index in [9.17, 15) is 4.79 Å². The van der Waals surface area contributed by atoms with Gasteiger partial charge in [0.05, 0.1) is 26.6 Å². The minimum atomic E-state index is -0.571. The quantitative estimate of drug-likeness (QED) is 0.448. The number of aryl methyl sites for hydroxylation is 1. The summed E-state index contributed by atoms with van der Waals surface area (Å²) in [6.45, 7) is 3.78. The Hall–Kier alpha value is -4.34. The molecule has 2 fully saturated rings. The number of ether oxygens (including phenoxy) is 2. The molecule has 1 spiro atoms. The van der Waals surface area contributed by atoms with Gasteiger partial charge in [-0.05, 0) is 50.1 Å². The third-order valence-electron chi connectivity index (χ3n) is 7.52. The lowest BCUT2D eigenvalue weighted by molar-refractivity contribution is -0.124. The summed E-state index contributed by atoms with van der Waals surface area (Å²) in [5.41, 5.74) is 2.86. The maximum Gasteiger partial charge on any atom is 0.247 e. The Labute approximate surface area is 214 Å². The molecule has 10 heteroatoms. The van der Waals surface area contributed by atoms with Crippen LogP contribution in [0.3, 0.4) is 0 Å². The number of aromatic nitrogens is 4. The lowest BCUT2D eigenvalue weighted by atomic mass is 9.85. The second-order valence-electron chi connectivity index (χ2n) is 9.41. The van der Waals surface area contributed by atoms with Gasteiger partial charge >= 0.3 is 0 Å². The number of hydrogen-bond donors (Lipinski definition) is 1. The fourth-order valence-electron chi connectivity index (χ4n) is 5.46. The Morgan fingerprint density at radius 2 is 1.73 bits per heavy atom. The maximum absolute atomic E-state index is 13.1. The first-order valence-corrected chi connectivity index (χ1v) is 12.3. The first kappa shape index (κ1) is 23.1. The van der Waals surface area contributed by atoms with Crippen molar-refractivity contribution in [1.82, 2.24) is 24.9 Å². The number of carbonyl (C=O) groups is 1. The summed E-state index contributed by atoms with van der Waals surface area (Å²) in [5.74, 6) is 2.92. The van der Waals surface area contributed by atoms with Crippen LogP contribution < -0.4 is 24.6 Å². The molecule has 2 aromatic heterocycles. The number of methoxy groups -OCH3 is 2. The fraction of sp³-hybridized carbons (Fsp3) is 0.333. The number of amides is 1. The van der Waals surface area contributed by atoms with Crippen LogP contribution in [0.4, 0.5) is 11.5 Å². The van der Waals surface area contributed by atoms with Crippen molar-refractivity contribution in [3.05, 3.63) is 60.6 Å². The van der Waals surface area contributed by atoms with Gasteiger partial charge in [0.1, 0.15) is 11.4 Å². The summed E-state index contributed by atoms with van der Waals surface area (Å²) >= 11 is 0. The number of hydrogen-bond acceptors (Lipinski definition) is 8. The lowest BCUT2D eigenvalue weighted by Crippen LogP contribution is -2.56. The number of benzene rings is 2. The van der Waals surface area contributed by atoms with E-state index in [1.54, 1.807) is 14.2 Å². The molecule has 0 atom stereocenters. The average Bonchev–Trinajstić information content (AvgIpc) is 3.48. The van der Waals surface area contributed by atoms with E-state index in [4.69, 9.17) is 14.5 Å². The molecule has 0 aliphatic carbocycles. The minimum Gasteiger partial charge on any atom is -0.493 e. The van der Waals surface area contributed by atoms with Crippen molar-refractivity contribution in [2.24, 2.45) is 0 Å². The van der Waals surface area contributed by atoms with E-state index >= 15 is 0 Å². The van der Waals surface area contributed by atoms with E-state index < -0.39 is 5.54 Å². The highest BCUT2D eigenvalue weighted by Crippen LogP contribution is 2.38. The number of anilines is 2. The van der Waals surface area contributed by atoms with E-state index in [2.05, 4.69) is 37.4 Å². The van der Waals surface area contributed by atoms with Crippen molar-refractivity contribution in [1.29, 1.82) is 0 Å². The summed E-state index contributed by atoms with van der Waals surface area (Å²) in [4.78, 5) is 22.6. The highest BCUT2D eigenvalue weighted by Gasteiger charge is 2.50. The summed E-state index contributed by atoms with van der Waals surface area (Å²) < 4.78 is 12.9. The highest BCUT2D eigenvalue weighted by atomic mass is 16.5. The standard InChI is InChI=1S/C27H29N7O3/c1-18-30-31-25-24(29-21(16-33(18)25)19-9-10-22(36-2)23(15-19)37-3)32-13-11-27(12-14-32)26(35)28-17-34(27)20-7-5-4-6-8-20/h4-10,15-16H,11-14,17H2,1-3H3,(H,28,35). The van der Waals surface area contributed by atoms with Crippen molar-refractivity contribution in [2.45, 2.75) is 25.3 Å². The number of rotatable bonds is 5. The third kappa shape index (κ3) is 3.71. The van der Waals surface area contributed by atoms with Crippen LogP contribution in [0.5, 0.6) is 11.5 Å². The molecule has 0 bridgehead atoms. The van der Waals surface area contributed by atoms with Crippen LogP contribution in [0.25, 0.3) is 16.9 Å². The van der Waals surface area contributed by atoms with E-state index in [1.165, 1.54) is 0 Å². The zero-order chi connectivity index (χ0) is 25.6. The Kier molecular flexibility index (Phi) is 5.58. The molecule has 2 aliphatic heterocycles. The Morgan fingerprint density at radius 3 is 2.46 bits per heavy atom. The molecule has 0 saturated carbocycles. The van der Waals surface area contributed by atoms with Gasteiger partial charge in [-0.1, -0.05) is 18.2 Å². The average molecular weight is 500 g/mol. The zero-order valence-corrected chi connectivity index (χ0v) is 21.1. The van der Waals surface area contributed by atoms with Gasteiger partial charge < -0.3 is 24.6 Å². The van der Waals surface area contributed by atoms with Gasteiger partial charge in [0, 0.05) is 30.5 Å². The molecule has 4 heterocycles. The lowest BCUT2D eigenvalue weighted by Gasteiger charge is -2.43. The highest BCUT2D eigenvalue weighted by molar-refractivity contribution is 5.93. The topological polar surface area (TPSA) is 97.1 Å². The number of nitrogens with one attached hydrogen (secondary N) is 1. The Morgan fingerprint density at radius 1 is 0.973 bits per heavy atom. The smallest absolute Gasteiger partial charge is 0.247 e. The van der Waals surface area contributed by atoms with Crippen molar-refractivity contribution in [3.8, 4) is 22.8 Å². The SMILES string of the molecule is COc1ccc(-c2cn3c(C)nnc3c(N3CCC4(CC3)C(=O)NCN4c3ccccc3)n2)cc1OC. The Balaban J connectivity index is 1.35. The third-order valence-corrected chi connectivity index (χ3v) is 7.52. The van der Waals surface area contributed by atoms with Crippen LogP contribution in [0.15, 0.2) is 54.7 Å².